The topological polar surface area (TPSA) is 190 Å². The molecular formula is C10H13F4N2O11P3S2. The number of halogens is 4. The number of aromatic amines is 1. The molecule has 0 saturated carbocycles. The fraction of sp³-hybridized carbons (Fsp3) is 0.600. The van der Waals surface area contributed by atoms with Crippen molar-refractivity contribution in [3.63, 3.8) is 0 Å². The molecule has 0 aliphatic carbocycles. The number of ether oxygens (including phenoxy) is 1. The fourth-order valence-corrected chi connectivity index (χ4v) is 6.04. The Morgan fingerprint density at radius 2 is 1.78 bits per heavy atom. The summed E-state index contributed by atoms with van der Waals surface area (Å²) in [5.41, 5.74) is -4.05. The number of phosphoric acid groups is 3. The van der Waals surface area contributed by atoms with E-state index in [0.29, 0.717) is 4.57 Å². The molecule has 1 aromatic rings. The number of alkyl halides is 4. The van der Waals surface area contributed by atoms with Gasteiger partial charge in [-0.2, -0.15) is 21.8 Å². The number of rotatable bonds is 8. The molecule has 32 heavy (non-hydrogen) atoms. The Balaban J connectivity index is 2.21. The first-order valence-corrected chi connectivity index (χ1v) is 13.1. The van der Waals surface area contributed by atoms with Crippen LogP contribution in [0.25, 0.3) is 0 Å². The molecule has 1 aliphatic heterocycles. The average Bonchev–Trinajstić information content (AvgIpc) is 2.87. The minimum atomic E-state index is -5.85. The summed E-state index contributed by atoms with van der Waals surface area (Å²) in [5.74, 6) is 0. The molecule has 0 bridgehead atoms. The van der Waals surface area contributed by atoms with Crippen LogP contribution in [-0.2, 0) is 31.6 Å². The van der Waals surface area contributed by atoms with Crippen molar-refractivity contribution in [2.75, 3.05) is 6.61 Å². The van der Waals surface area contributed by atoms with Crippen molar-refractivity contribution in [1.82, 2.24) is 9.55 Å². The SMILES string of the molecule is O=P(O)(O)OP(=O)(O)OP(=O)(O)OC[C@@H]1CC(F)(C(F)(F)F)[C@H](n2ccc(=S)[nH]c2=S)O1. The molecule has 2 heterocycles. The zero-order chi connectivity index (χ0) is 24.8. The van der Waals surface area contributed by atoms with E-state index in [1.54, 1.807) is 0 Å². The van der Waals surface area contributed by atoms with Crippen molar-refractivity contribution in [3.8, 4) is 0 Å². The Hall–Kier alpha value is -0.390. The second-order valence-corrected chi connectivity index (χ2v) is 11.3. The van der Waals surface area contributed by atoms with E-state index >= 15 is 4.39 Å². The van der Waals surface area contributed by atoms with E-state index in [9.17, 15) is 31.8 Å². The van der Waals surface area contributed by atoms with E-state index in [4.69, 9.17) is 43.9 Å². The smallest absolute Gasteiger partial charge is 0.348 e. The number of hydrogen-bond acceptors (Lipinski definition) is 9. The highest BCUT2D eigenvalue weighted by Crippen LogP contribution is 2.66. The van der Waals surface area contributed by atoms with E-state index in [1.807, 2.05) is 0 Å². The zero-order valence-electron chi connectivity index (χ0n) is 15.0. The van der Waals surface area contributed by atoms with Crippen LogP contribution in [-0.4, -0.2) is 53.7 Å². The van der Waals surface area contributed by atoms with Crippen molar-refractivity contribution in [3.05, 3.63) is 21.7 Å². The monoisotopic (exact) mass is 570 g/mol. The van der Waals surface area contributed by atoms with Gasteiger partial charge < -0.3 is 29.3 Å². The van der Waals surface area contributed by atoms with Gasteiger partial charge in [0.15, 0.2) is 11.0 Å². The Kier molecular flexibility index (Phi) is 8.13. The standard InChI is InChI=1S/C10H13F4N2O11P3S2/c11-9(10(12,13)14)3-5(25-7(9)16-2-1-6(31)15-8(16)32)4-24-29(20,21)27-30(22,23)26-28(17,18)19/h1-2,5,7H,3-4H2,(H,20,21)(H,22,23)(H,15,31,32)(H2,17,18,19)/t5-,7+,9?/m0/s1. The molecular weight excluding hydrogens is 557 g/mol. The first-order valence-electron chi connectivity index (χ1n) is 7.76. The first kappa shape index (κ1) is 27.9. The van der Waals surface area contributed by atoms with Crippen molar-refractivity contribution >= 4 is 47.9 Å². The molecule has 0 spiro atoms. The predicted molar refractivity (Wildman–Crippen MR) is 98.7 cm³/mol. The Morgan fingerprint density at radius 1 is 1.19 bits per heavy atom. The van der Waals surface area contributed by atoms with Gasteiger partial charge in [-0.15, -0.1) is 0 Å². The number of hydrogen-bond donors (Lipinski definition) is 5. The van der Waals surface area contributed by atoms with Gasteiger partial charge in [-0.05, 0) is 18.3 Å². The van der Waals surface area contributed by atoms with Gasteiger partial charge in [0.2, 0.25) is 0 Å². The van der Waals surface area contributed by atoms with Gasteiger partial charge >= 0.3 is 29.6 Å². The lowest BCUT2D eigenvalue weighted by Crippen LogP contribution is -2.45. The fourth-order valence-electron chi connectivity index (χ4n) is 2.50. The maximum Gasteiger partial charge on any atom is 0.490 e. The highest BCUT2D eigenvalue weighted by atomic mass is 32.1. The number of H-pyrrole nitrogens is 1. The summed E-state index contributed by atoms with van der Waals surface area (Å²) in [6, 6.07) is 1.10. The third kappa shape index (κ3) is 7.06. The molecule has 184 valence electrons. The molecule has 1 fully saturated rings. The van der Waals surface area contributed by atoms with E-state index in [1.165, 1.54) is 0 Å². The summed E-state index contributed by atoms with van der Waals surface area (Å²) in [4.78, 5) is 37.6. The first-order chi connectivity index (χ1) is 14.2. The van der Waals surface area contributed by atoms with Crippen LogP contribution in [0.2, 0.25) is 0 Å². The molecule has 0 radical (unpaired) electrons. The molecule has 1 saturated heterocycles. The van der Waals surface area contributed by atoms with Crippen molar-refractivity contribution in [2.24, 2.45) is 0 Å². The largest absolute Gasteiger partial charge is 0.490 e. The maximum absolute atomic E-state index is 15.0. The van der Waals surface area contributed by atoms with Crippen molar-refractivity contribution in [1.29, 1.82) is 0 Å². The van der Waals surface area contributed by atoms with Crippen LogP contribution < -0.4 is 0 Å². The van der Waals surface area contributed by atoms with Crippen LogP contribution in [0.15, 0.2) is 12.3 Å². The van der Waals surface area contributed by atoms with Gasteiger partial charge in [0.05, 0.1) is 12.7 Å². The van der Waals surface area contributed by atoms with Crippen LogP contribution in [0, 0.1) is 9.41 Å². The summed E-state index contributed by atoms with van der Waals surface area (Å²) < 4.78 is 105. The van der Waals surface area contributed by atoms with Gasteiger partial charge in [0, 0.05) is 12.6 Å². The number of nitrogens with one attached hydrogen (secondary N) is 1. The molecule has 3 unspecified atom stereocenters. The molecule has 1 aromatic heterocycles. The predicted octanol–water partition coefficient (Wildman–Crippen LogP) is 3.18. The van der Waals surface area contributed by atoms with E-state index in [0.717, 1.165) is 12.3 Å². The Labute approximate surface area is 185 Å². The highest BCUT2D eigenvalue weighted by Gasteiger charge is 2.67. The zero-order valence-corrected chi connectivity index (χ0v) is 19.3. The molecule has 0 amide bonds. The third-order valence-electron chi connectivity index (χ3n) is 3.65. The minimum Gasteiger partial charge on any atom is -0.348 e. The van der Waals surface area contributed by atoms with Crippen molar-refractivity contribution < 1.29 is 68.7 Å². The Morgan fingerprint density at radius 3 is 2.28 bits per heavy atom. The van der Waals surface area contributed by atoms with Gasteiger partial charge in [-0.25, -0.2) is 18.1 Å². The van der Waals surface area contributed by atoms with E-state index < -0.39 is 65.4 Å². The number of nitrogens with zero attached hydrogens (tertiary/aromatic N) is 1. The van der Waals surface area contributed by atoms with Gasteiger partial charge in [0.25, 0.3) is 5.67 Å². The van der Waals surface area contributed by atoms with E-state index in [2.05, 4.69) is 18.1 Å². The quantitative estimate of drug-likeness (QED) is 0.174. The van der Waals surface area contributed by atoms with Gasteiger partial charge in [0.1, 0.15) is 4.64 Å². The highest BCUT2D eigenvalue weighted by molar-refractivity contribution is 7.72. The van der Waals surface area contributed by atoms with Crippen LogP contribution in [0.3, 0.4) is 0 Å². The second-order valence-electron chi connectivity index (χ2n) is 6.08. The summed E-state index contributed by atoms with van der Waals surface area (Å²) in [5, 5.41) is 0. The third-order valence-corrected chi connectivity index (χ3v) is 8.01. The molecule has 0 aromatic carbocycles. The van der Waals surface area contributed by atoms with E-state index in [-0.39, 0.29) is 4.64 Å². The van der Waals surface area contributed by atoms with Gasteiger partial charge in [-0.3, -0.25) is 9.09 Å². The number of phosphoric ester groups is 1. The summed E-state index contributed by atoms with van der Waals surface area (Å²) in [7, 11) is -17.2. The molecule has 1 aliphatic rings. The number of aromatic nitrogens is 2. The van der Waals surface area contributed by atoms with Crippen LogP contribution in [0.5, 0.6) is 0 Å². The Bertz CT molecular complexity index is 1120. The molecule has 2 rings (SSSR count). The van der Waals surface area contributed by atoms with Crippen molar-refractivity contribution in [2.45, 2.75) is 30.6 Å². The lowest BCUT2D eigenvalue weighted by atomic mass is 9.99. The van der Waals surface area contributed by atoms with Gasteiger partial charge in [-0.1, -0.05) is 12.2 Å². The lowest BCUT2D eigenvalue weighted by Gasteiger charge is -2.29. The summed E-state index contributed by atoms with van der Waals surface area (Å²) in [6.07, 6.45) is -10.3. The minimum absolute atomic E-state index is 0.0323. The summed E-state index contributed by atoms with van der Waals surface area (Å²) >= 11 is 9.58. The second kappa shape index (κ2) is 9.34. The van der Waals surface area contributed by atoms with Crippen LogP contribution in [0.4, 0.5) is 17.6 Å². The lowest BCUT2D eigenvalue weighted by molar-refractivity contribution is -0.256. The summed E-state index contributed by atoms with van der Waals surface area (Å²) in [6.45, 7) is -1.28. The normalized spacial score (nSPS) is 28.2. The average molecular weight is 570 g/mol. The molecule has 5 N–H and O–H groups in total. The van der Waals surface area contributed by atoms with Crippen LogP contribution in [0.1, 0.15) is 12.6 Å². The molecule has 5 atom stereocenters. The van der Waals surface area contributed by atoms with Crippen LogP contribution >= 0.6 is 47.9 Å². The molecule has 13 nitrogen and oxygen atoms in total. The molecule has 22 heteroatoms. The maximum atomic E-state index is 15.0.